The average molecular weight is 466 g/mol. The van der Waals surface area contributed by atoms with Gasteiger partial charge in [0.25, 0.3) is 0 Å². The third-order valence-corrected chi connectivity index (χ3v) is 10.7. The zero-order valence-electron chi connectivity index (χ0n) is 20.3. The number of halogens is 1. The Morgan fingerprint density at radius 1 is 0.969 bits per heavy atom. The van der Waals surface area contributed by atoms with Gasteiger partial charge in [-0.3, -0.25) is 9.59 Å². The zero-order chi connectivity index (χ0) is 21.6. The van der Waals surface area contributed by atoms with Crippen molar-refractivity contribution >= 4 is 24.2 Å². The fraction of sp³-hybridized carbons (Fsp3) is 0.926. The Morgan fingerprint density at radius 2 is 1.72 bits per heavy atom. The number of nitrogens with zero attached hydrogens (tertiary/aromatic N) is 1. The van der Waals surface area contributed by atoms with Gasteiger partial charge in [-0.05, 0) is 100.0 Å². The molecule has 0 aromatic carbocycles. The van der Waals surface area contributed by atoms with E-state index >= 15 is 0 Å². The molecule has 0 aromatic rings. The number of piperidine rings is 1. The molecule has 0 spiro atoms. The number of ketones is 1. The summed E-state index contributed by atoms with van der Waals surface area (Å²) in [6.07, 6.45) is 14.5. The molecule has 4 saturated carbocycles. The monoisotopic (exact) mass is 465 g/mol. The summed E-state index contributed by atoms with van der Waals surface area (Å²) in [4.78, 5) is 27.3. The second kappa shape index (κ2) is 9.56. The van der Waals surface area contributed by atoms with Gasteiger partial charge in [-0.15, -0.1) is 12.4 Å². The Labute approximate surface area is 201 Å². The van der Waals surface area contributed by atoms with Gasteiger partial charge >= 0.3 is 5.97 Å². The van der Waals surface area contributed by atoms with Gasteiger partial charge < -0.3 is 9.64 Å². The maximum absolute atomic E-state index is 12.7. The van der Waals surface area contributed by atoms with Crippen LogP contribution in [-0.4, -0.2) is 42.4 Å². The summed E-state index contributed by atoms with van der Waals surface area (Å²) < 4.78 is 6.19. The summed E-state index contributed by atoms with van der Waals surface area (Å²) in [5.41, 5.74) is 0.525. The highest BCUT2D eigenvalue weighted by atomic mass is 35.5. The summed E-state index contributed by atoms with van der Waals surface area (Å²) in [5.74, 6) is 3.38. The van der Waals surface area contributed by atoms with Crippen molar-refractivity contribution in [3.63, 3.8) is 0 Å². The zero-order valence-corrected chi connectivity index (χ0v) is 21.1. The Bertz CT molecular complexity index is 707. The summed E-state index contributed by atoms with van der Waals surface area (Å²) in [6, 6.07) is 0. The van der Waals surface area contributed by atoms with Crippen LogP contribution in [0.2, 0.25) is 0 Å². The molecule has 7 atom stereocenters. The largest absolute Gasteiger partial charge is 0.462 e. The fourth-order valence-electron chi connectivity index (χ4n) is 8.84. The standard InChI is InChI=1S/C27H43NO3.ClH/c1-26-13-10-20(29)18-19(26)6-7-21-22-8-9-24(27(22,2)14-11-23(21)26)31-25(30)12-17-28-15-4-3-5-16-28;/h19,21-24H,3-18H2,1-2H3;1H/t19-,21-,22-,23-,24?,26-,27-;/m0./s1. The van der Waals surface area contributed by atoms with Gasteiger partial charge in [-0.25, -0.2) is 0 Å². The van der Waals surface area contributed by atoms with E-state index in [2.05, 4.69) is 18.7 Å². The summed E-state index contributed by atoms with van der Waals surface area (Å²) in [6.45, 7) is 8.10. The molecular weight excluding hydrogens is 422 g/mol. The van der Waals surface area contributed by atoms with Gasteiger partial charge in [0.15, 0.2) is 0 Å². The SMILES string of the molecule is C[C@]12CCC(=O)C[C@@H]1CC[C@@H]1[C@@H]2CC[C@]2(C)C(OC(=O)CCN3CCCCC3)CC[C@@H]12.Cl. The number of Topliss-reactive ketones (excluding diaryl/α,β-unsaturated/α-hetero) is 1. The number of rotatable bonds is 4. The van der Waals surface area contributed by atoms with Crippen molar-refractivity contribution in [1.29, 1.82) is 0 Å². The van der Waals surface area contributed by atoms with E-state index in [0.29, 0.717) is 29.5 Å². The second-order valence-electron chi connectivity index (χ2n) is 12.2. The van der Waals surface area contributed by atoms with E-state index in [1.54, 1.807) is 0 Å². The number of likely N-dealkylation sites (tertiary alicyclic amines) is 1. The highest BCUT2D eigenvalue weighted by molar-refractivity contribution is 5.85. The van der Waals surface area contributed by atoms with Gasteiger partial charge in [0.1, 0.15) is 11.9 Å². The highest BCUT2D eigenvalue weighted by Crippen LogP contribution is 2.66. The first-order valence-corrected chi connectivity index (χ1v) is 13.3. The van der Waals surface area contributed by atoms with Gasteiger partial charge in [0.2, 0.25) is 0 Å². The van der Waals surface area contributed by atoms with Crippen molar-refractivity contribution in [2.75, 3.05) is 19.6 Å². The lowest BCUT2D eigenvalue weighted by Crippen LogP contribution is -2.54. The second-order valence-corrected chi connectivity index (χ2v) is 12.2. The van der Waals surface area contributed by atoms with E-state index in [0.717, 1.165) is 57.2 Å². The molecule has 5 fully saturated rings. The Morgan fingerprint density at radius 3 is 2.50 bits per heavy atom. The normalized spacial score (nSPS) is 44.1. The van der Waals surface area contributed by atoms with E-state index in [9.17, 15) is 9.59 Å². The Kier molecular flexibility index (Phi) is 7.33. The Hall–Kier alpha value is -0.610. The first kappa shape index (κ1) is 24.5. The summed E-state index contributed by atoms with van der Waals surface area (Å²) in [7, 11) is 0. The molecule has 1 saturated heterocycles. The fourth-order valence-corrected chi connectivity index (χ4v) is 8.84. The minimum absolute atomic E-state index is 0. The van der Waals surface area contributed by atoms with Gasteiger partial charge in [0, 0.05) is 24.8 Å². The number of hydrogen-bond donors (Lipinski definition) is 0. The number of carbonyl (C=O) groups excluding carboxylic acids is 2. The Balaban J connectivity index is 0.00000245. The quantitative estimate of drug-likeness (QED) is 0.491. The third-order valence-electron chi connectivity index (χ3n) is 10.7. The topological polar surface area (TPSA) is 46.6 Å². The lowest BCUT2D eigenvalue weighted by atomic mass is 9.45. The third kappa shape index (κ3) is 4.28. The van der Waals surface area contributed by atoms with E-state index in [-0.39, 0.29) is 29.9 Å². The first-order chi connectivity index (χ1) is 14.9. The van der Waals surface area contributed by atoms with E-state index in [1.807, 2.05) is 0 Å². The number of esters is 1. The van der Waals surface area contributed by atoms with Crippen molar-refractivity contribution in [2.45, 2.75) is 103 Å². The van der Waals surface area contributed by atoms with E-state index in [1.165, 1.54) is 51.4 Å². The van der Waals surface area contributed by atoms with Crippen LogP contribution < -0.4 is 0 Å². The van der Waals surface area contributed by atoms with Crippen LogP contribution >= 0.6 is 12.4 Å². The van der Waals surface area contributed by atoms with Gasteiger partial charge in [0.05, 0.1) is 6.42 Å². The molecule has 5 rings (SSSR count). The first-order valence-electron chi connectivity index (χ1n) is 13.3. The van der Waals surface area contributed by atoms with Crippen LogP contribution in [-0.2, 0) is 14.3 Å². The van der Waals surface area contributed by atoms with Crippen molar-refractivity contribution in [3.05, 3.63) is 0 Å². The molecule has 5 heteroatoms. The van der Waals surface area contributed by atoms with Gasteiger partial charge in [-0.2, -0.15) is 0 Å². The lowest BCUT2D eigenvalue weighted by Gasteiger charge is -2.60. The number of fused-ring (bicyclic) bond motifs is 5. The van der Waals surface area contributed by atoms with Crippen LogP contribution in [0.25, 0.3) is 0 Å². The molecule has 1 aliphatic heterocycles. The molecule has 32 heavy (non-hydrogen) atoms. The van der Waals surface area contributed by atoms with Crippen molar-refractivity contribution in [2.24, 2.45) is 34.5 Å². The van der Waals surface area contributed by atoms with Gasteiger partial charge in [-0.1, -0.05) is 20.3 Å². The summed E-state index contributed by atoms with van der Waals surface area (Å²) in [5, 5.41) is 0. The van der Waals surface area contributed by atoms with E-state index in [4.69, 9.17) is 4.74 Å². The predicted octanol–water partition coefficient (Wildman–Crippen LogP) is 5.81. The summed E-state index contributed by atoms with van der Waals surface area (Å²) >= 11 is 0. The predicted molar refractivity (Wildman–Crippen MR) is 129 cm³/mol. The minimum atomic E-state index is 0. The molecule has 4 nitrogen and oxygen atoms in total. The molecule has 4 aliphatic carbocycles. The smallest absolute Gasteiger partial charge is 0.307 e. The minimum Gasteiger partial charge on any atom is -0.462 e. The van der Waals surface area contributed by atoms with E-state index < -0.39 is 0 Å². The van der Waals surface area contributed by atoms with Crippen molar-refractivity contribution in [1.82, 2.24) is 4.90 Å². The molecule has 0 N–H and O–H groups in total. The molecule has 0 bridgehead atoms. The maximum atomic E-state index is 12.7. The van der Waals surface area contributed by atoms with Crippen LogP contribution in [0.1, 0.15) is 97.3 Å². The molecule has 0 aromatic heterocycles. The molecule has 1 heterocycles. The van der Waals surface area contributed by atoms with Crippen LogP contribution in [0.5, 0.6) is 0 Å². The van der Waals surface area contributed by atoms with Crippen LogP contribution in [0, 0.1) is 34.5 Å². The number of ether oxygens (including phenoxy) is 1. The molecule has 0 radical (unpaired) electrons. The molecule has 182 valence electrons. The number of hydrogen-bond acceptors (Lipinski definition) is 4. The van der Waals surface area contributed by atoms with Crippen LogP contribution in [0.4, 0.5) is 0 Å². The number of carbonyl (C=O) groups is 2. The average Bonchev–Trinajstić information content (AvgIpc) is 3.10. The lowest BCUT2D eigenvalue weighted by molar-refractivity contribution is -0.164. The molecule has 1 unspecified atom stereocenters. The highest BCUT2D eigenvalue weighted by Gasteiger charge is 2.61. The van der Waals surface area contributed by atoms with Crippen molar-refractivity contribution < 1.29 is 14.3 Å². The maximum Gasteiger partial charge on any atom is 0.307 e. The van der Waals surface area contributed by atoms with Crippen LogP contribution in [0.3, 0.4) is 0 Å². The van der Waals surface area contributed by atoms with Crippen molar-refractivity contribution in [3.8, 4) is 0 Å². The molecular formula is C27H44ClNO3. The van der Waals surface area contributed by atoms with Crippen LogP contribution in [0.15, 0.2) is 0 Å². The molecule has 5 aliphatic rings. The molecule has 0 amide bonds.